The predicted octanol–water partition coefficient (Wildman–Crippen LogP) is 5.22. The molecule has 29 heavy (non-hydrogen) atoms. The van der Waals surface area contributed by atoms with E-state index in [2.05, 4.69) is 29.2 Å². The van der Waals surface area contributed by atoms with Crippen LogP contribution >= 0.6 is 0 Å². The van der Waals surface area contributed by atoms with Crippen molar-refractivity contribution in [2.24, 2.45) is 0 Å². The summed E-state index contributed by atoms with van der Waals surface area (Å²) >= 11 is 0. The van der Waals surface area contributed by atoms with Gasteiger partial charge in [0.1, 0.15) is 23.8 Å². The van der Waals surface area contributed by atoms with Crippen LogP contribution in [0.3, 0.4) is 0 Å². The van der Waals surface area contributed by atoms with Gasteiger partial charge in [-0.1, -0.05) is 35.9 Å². The first kappa shape index (κ1) is 20.0. The summed E-state index contributed by atoms with van der Waals surface area (Å²) in [4.78, 5) is 2.06. The SMILES string of the molecule is CC1=C(C2C=CC=CO2)C(C=Cc2ccc(N(C)C)cc2)=CC(=C(C#N)C#N)C1. The lowest BCUT2D eigenvalue weighted by atomic mass is 9.83. The second kappa shape index (κ2) is 8.95. The van der Waals surface area contributed by atoms with E-state index in [-0.39, 0.29) is 11.7 Å². The van der Waals surface area contributed by atoms with Gasteiger partial charge in [-0.2, -0.15) is 10.5 Å². The molecule has 0 radical (unpaired) electrons. The molecule has 0 N–H and O–H groups in total. The number of nitriles is 2. The van der Waals surface area contributed by atoms with Gasteiger partial charge in [-0.25, -0.2) is 0 Å². The fourth-order valence-corrected chi connectivity index (χ4v) is 3.44. The van der Waals surface area contributed by atoms with Crippen molar-refractivity contribution in [2.45, 2.75) is 19.4 Å². The quantitative estimate of drug-likeness (QED) is 0.671. The largest absolute Gasteiger partial charge is 0.489 e. The summed E-state index contributed by atoms with van der Waals surface area (Å²) in [5.74, 6) is 0. The van der Waals surface area contributed by atoms with Crippen LogP contribution in [-0.2, 0) is 4.74 Å². The standard InChI is InChI=1S/C25H23N3O/c1-18-14-21(22(16-26)17-27)15-20(25(18)24-6-4-5-13-29-24)10-7-19-8-11-23(12-9-19)28(2)3/h4-13,15,24H,14H2,1-3H3. The molecule has 0 saturated carbocycles. The molecule has 4 nitrogen and oxygen atoms in total. The van der Waals surface area contributed by atoms with E-state index >= 15 is 0 Å². The smallest absolute Gasteiger partial charge is 0.142 e. The summed E-state index contributed by atoms with van der Waals surface area (Å²) in [6, 6.07) is 12.3. The highest BCUT2D eigenvalue weighted by molar-refractivity contribution is 5.65. The van der Waals surface area contributed by atoms with E-state index < -0.39 is 0 Å². The Bertz CT molecular complexity index is 1030. The molecule has 1 aromatic rings. The Kier molecular flexibility index (Phi) is 6.17. The number of anilines is 1. The zero-order chi connectivity index (χ0) is 20.8. The van der Waals surface area contributed by atoms with Crippen LogP contribution in [0, 0.1) is 22.7 Å². The minimum atomic E-state index is -0.179. The molecule has 1 atom stereocenters. The summed E-state index contributed by atoms with van der Waals surface area (Å²) in [5, 5.41) is 18.6. The van der Waals surface area contributed by atoms with Crippen LogP contribution in [0.15, 0.2) is 88.8 Å². The summed E-state index contributed by atoms with van der Waals surface area (Å²) in [6.45, 7) is 2.03. The minimum absolute atomic E-state index is 0.157. The third-order valence-corrected chi connectivity index (χ3v) is 4.95. The van der Waals surface area contributed by atoms with Crippen molar-refractivity contribution in [3.63, 3.8) is 0 Å². The molecule has 1 unspecified atom stereocenters. The zero-order valence-corrected chi connectivity index (χ0v) is 16.9. The van der Waals surface area contributed by atoms with Gasteiger partial charge < -0.3 is 9.64 Å². The van der Waals surface area contributed by atoms with Crippen molar-refractivity contribution in [2.75, 3.05) is 19.0 Å². The molecule has 0 aromatic heterocycles. The number of hydrogen-bond acceptors (Lipinski definition) is 4. The maximum Gasteiger partial charge on any atom is 0.142 e. The van der Waals surface area contributed by atoms with Crippen molar-refractivity contribution in [3.8, 4) is 12.1 Å². The molecule has 0 spiro atoms. The van der Waals surface area contributed by atoms with Crippen molar-refractivity contribution in [1.82, 2.24) is 0 Å². The van der Waals surface area contributed by atoms with Gasteiger partial charge in [0.15, 0.2) is 0 Å². The number of benzene rings is 1. The van der Waals surface area contributed by atoms with Gasteiger partial charge in [-0.3, -0.25) is 0 Å². The Balaban J connectivity index is 2.00. The molecule has 2 aliphatic rings. The van der Waals surface area contributed by atoms with Gasteiger partial charge in [0.25, 0.3) is 0 Å². The molecule has 1 aliphatic carbocycles. The molecule has 0 saturated heterocycles. The lowest BCUT2D eigenvalue weighted by molar-refractivity contribution is 0.214. The number of allylic oxidation sites excluding steroid dienone is 7. The number of hydrogen-bond donors (Lipinski definition) is 0. The van der Waals surface area contributed by atoms with Gasteiger partial charge in [-0.15, -0.1) is 0 Å². The summed E-state index contributed by atoms with van der Waals surface area (Å²) < 4.78 is 5.81. The summed E-state index contributed by atoms with van der Waals surface area (Å²) in [5.41, 5.74) is 6.24. The van der Waals surface area contributed by atoms with Crippen LogP contribution in [0.4, 0.5) is 5.69 Å². The van der Waals surface area contributed by atoms with Gasteiger partial charge in [0, 0.05) is 25.4 Å². The summed E-state index contributed by atoms with van der Waals surface area (Å²) in [6.07, 6.45) is 13.9. The lowest BCUT2D eigenvalue weighted by Crippen LogP contribution is -2.17. The van der Waals surface area contributed by atoms with Crippen LogP contribution < -0.4 is 4.90 Å². The van der Waals surface area contributed by atoms with E-state index in [0.29, 0.717) is 6.42 Å². The number of rotatable bonds is 4. The van der Waals surface area contributed by atoms with Gasteiger partial charge in [0.05, 0.1) is 6.26 Å². The molecule has 0 amide bonds. The molecule has 1 aliphatic heterocycles. The normalized spacial score (nSPS) is 18.2. The maximum atomic E-state index is 9.30. The first-order valence-electron chi connectivity index (χ1n) is 9.43. The maximum absolute atomic E-state index is 9.30. The topological polar surface area (TPSA) is 60.0 Å². The van der Waals surface area contributed by atoms with E-state index in [1.807, 2.05) is 69.6 Å². The van der Waals surface area contributed by atoms with E-state index in [0.717, 1.165) is 33.5 Å². The van der Waals surface area contributed by atoms with Gasteiger partial charge >= 0.3 is 0 Å². The lowest BCUT2D eigenvalue weighted by Gasteiger charge is -2.26. The van der Waals surface area contributed by atoms with Crippen LogP contribution in [0.1, 0.15) is 18.9 Å². The second-order valence-electron chi connectivity index (χ2n) is 7.18. The highest BCUT2D eigenvalue weighted by atomic mass is 16.5. The fourth-order valence-electron chi connectivity index (χ4n) is 3.44. The third kappa shape index (κ3) is 4.57. The van der Waals surface area contributed by atoms with Crippen LogP contribution in [0.5, 0.6) is 0 Å². The van der Waals surface area contributed by atoms with E-state index in [1.165, 1.54) is 0 Å². The monoisotopic (exact) mass is 381 g/mol. The average molecular weight is 381 g/mol. The number of nitrogens with zero attached hydrogens (tertiary/aromatic N) is 3. The van der Waals surface area contributed by atoms with Crippen LogP contribution in [0.25, 0.3) is 6.08 Å². The Morgan fingerprint density at radius 1 is 1.10 bits per heavy atom. The van der Waals surface area contributed by atoms with Gasteiger partial charge in [-0.05, 0) is 60.4 Å². The number of ether oxygens (including phenoxy) is 1. The van der Waals surface area contributed by atoms with E-state index in [1.54, 1.807) is 6.26 Å². The molecule has 1 heterocycles. The molecule has 0 bridgehead atoms. The third-order valence-electron chi connectivity index (χ3n) is 4.95. The Morgan fingerprint density at radius 2 is 1.83 bits per heavy atom. The van der Waals surface area contributed by atoms with E-state index in [9.17, 15) is 10.5 Å². The summed E-state index contributed by atoms with van der Waals surface area (Å²) in [7, 11) is 4.03. The zero-order valence-electron chi connectivity index (χ0n) is 16.9. The Morgan fingerprint density at radius 3 is 2.41 bits per heavy atom. The van der Waals surface area contributed by atoms with Crippen LogP contribution in [-0.4, -0.2) is 20.2 Å². The van der Waals surface area contributed by atoms with E-state index in [4.69, 9.17) is 4.74 Å². The first-order chi connectivity index (χ1) is 14.0. The Hall–Kier alpha value is -3.76. The van der Waals surface area contributed by atoms with Crippen molar-refractivity contribution in [3.05, 3.63) is 94.3 Å². The van der Waals surface area contributed by atoms with Crippen molar-refractivity contribution >= 4 is 11.8 Å². The molecule has 144 valence electrons. The average Bonchev–Trinajstić information content (AvgIpc) is 2.74. The molecular weight excluding hydrogens is 358 g/mol. The van der Waals surface area contributed by atoms with Gasteiger partial charge in [0.2, 0.25) is 0 Å². The fraction of sp³-hybridized carbons (Fsp3) is 0.200. The molecule has 3 rings (SSSR count). The molecule has 4 heteroatoms. The van der Waals surface area contributed by atoms with Crippen LogP contribution in [0.2, 0.25) is 0 Å². The second-order valence-corrected chi connectivity index (χ2v) is 7.18. The van der Waals surface area contributed by atoms with Crippen molar-refractivity contribution in [1.29, 1.82) is 10.5 Å². The molecular formula is C25H23N3O. The molecule has 1 aromatic carbocycles. The highest BCUT2D eigenvalue weighted by Gasteiger charge is 2.24. The Labute approximate surface area is 172 Å². The molecule has 0 fully saturated rings. The minimum Gasteiger partial charge on any atom is -0.489 e. The highest BCUT2D eigenvalue weighted by Crippen LogP contribution is 2.35. The first-order valence-corrected chi connectivity index (χ1v) is 9.43. The van der Waals surface area contributed by atoms with Crippen molar-refractivity contribution < 1.29 is 4.74 Å². The predicted molar refractivity (Wildman–Crippen MR) is 117 cm³/mol.